The van der Waals surface area contributed by atoms with Crippen molar-refractivity contribution in [2.24, 2.45) is 0 Å². The molecule has 0 aromatic heterocycles. The molecular formula is C13H17NO5. The van der Waals surface area contributed by atoms with Crippen LogP contribution in [0.2, 0.25) is 0 Å². The number of benzene rings is 1. The number of hydrogen-bond acceptors (Lipinski definition) is 5. The molecule has 1 aliphatic heterocycles. The number of rotatable bonds is 4. The van der Waals surface area contributed by atoms with E-state index >= 15 is 0 Å². The van der Waals surface area contributed by atoms with Gasteiger partial charge in [-0.25, -0.2) is 0 Å². The number of nitrogens with zero attached hydrogens (tertiary/aromatic N) is 1. The zero-order chi connectivity index (χ0) is 13.8. The van der Waals surface area contributed by atoms with Gasteiger partial charge in [0.05, 0.1) is 17.6 Å². The average Bonchev–Trinajstić information content (AvgIpc) is 2.39. The van der Waals surface area contributed by atoms with Gasteiger partial charge in [-0.2, -0.15) is 0 Å². The summed E-state index contributed by atoms with van der Waals surface area (Å²) in [5.74, 6) is 0.483. The fourth-order valence-corrected chi connectivity index (χ4v) is 2.07. The minimum Gasteiger partial charge on any atom is -0.488 e. The fraction of sp³-hybridized carbons (Fsp3) is 0.538. The first-order chi connectivity index (χ1) is 9.08. The van der Waals surface area contributed by atoms with Gasteiger partial charge in [-0.3, -0.25) is 10.1 Å². The Morgan fingerprint density at radius 1 is 1.58 bits per heavy atom. The molecule has 1 saturated heterocycles. The monoisotopic (exact) mass is 267 g/mol. The van der Waals surface area contributed by atoms with Crippen LogP contribution < -0.4 is 4.74 Å². The van der Waals surface area contributed by atoms with Gasteiger partial charge in [-0.05, 0) is 25.8 Å². The summed E-state index contributed by atoms with van der Waals surface area (Å²) in [7, 11) is 0. The lowest BCUT2D eigenvalue weighted by atomic mass is 10.1. The Balaban J connectivity index is 2.20. The summed E-state index contributed by atoms with van der Waals surface area (Å²) in [5.41, 5.74) is 0.378. The van der Waals surface area contributed by atoms with Crippen LogP contribution in [0.5, 0.6) is 5.75 Å². The molecule has 0 bridgehead atoms. The van der Waals surface area contributed by atoms with Crippen molar-refractivity contribution in [1.29, 1.82) is 0 Å². The van der Waals surface area contributed by atoms with Crippen molar-refractivity contribution in [2.45, 2.75) is 32.0 Å². The molecule has 2 atom stereocenters. The van der Waals surface area contributed by atoms with Gasteiger partial charge in [0.1, 0.15) is 11.9 Å². The maximum Gasteiger partial charge on any atom is 0.270 e. The number of aliphatic hydroxyl groups is 1. The van der Waals surface area contributed by atoms with Crippen LogP contribution in [0.1, 0.15) is 31.4 Å². The van der Waals surface area contributed by atoms with Crippen molar-refractivity contribution in [3.8, 4) is 5.75 Å². The zero-order valence-corrected chi connectivity index (χ0v) is 10.7. The quantitative estimate of drug-likeness (QED) is 0.668. The average molecular weight is 267 g/mol. The van der Waals surface area contributed by atoms with Crippen LogP contribution in [0, 0.1) is 10.1 Å². The van der Waals surface area contributed by atoms with E-state index in [4.69, 9.17) is 9.47 Å². The van der Waals surface area contributed by atoms with Crippen molar-refractivity contribution in [1.82, 2.24) is 0 Å². The predicted octanol–water partition coefficient (Wildman–Crippen LogP) is 2.21. The van der Waals surface area contributed by atoms with E-state index in [-0.39, 0.29) is 11.8 Å². The summed E-state index contributed by atoms with van der Waals surface area (Å²) in [6.45, 7) is 2.81. The molecule has 0 aliphatic carbocycles. The molecule has 0 saturated carbocycles. The van der Waals surface area contributed by atoms with Crippen LogP contribution in [0.25, 0.3) is 0 Å². The number of hydrogen-bond donors (Lipinski definition) is 1. The molecule has 1 N–H and O–H groups in total. The molecular weight excluding hydrogens is 250 g/mol. The summed E-state index contributed by atoms with van der Waals surface area (Å²) >= 11 is 0. The van der Waals surface area contributed by atoms with E-state index in [1.54, 1.807) is 6.92 Å². The Morgan fingerprint density at radius 3 is 2.95 bits per heavy atom. The number of aliphatic hydroxyl groups excluding tert-OH is 1. The van der Waals surface area contributed by atoms with Crippen LogP contribution in [0.4, 0.5) is 5.69 Å². The molecule has 1 heterocycles. The molecule has 19 heavy (non-hydrogen) atoms. The van der Waals surface area contributed by atoms with E-state index in [0.29, 0.717) is 17.9 Å². The zero-order valence-electron chi connectivity index (χ0n) is 10.7. The van der Waals surface area contributed by atoms with Gasteiger partial charge in [0, 0.05) is 24.3 Å². The second-order valence-electron chi connectivity index (χ2n) is 4.61. The Morgan fingerprint density at radius 2 is 2.37 bits per heavy atom. The van der Waals surface area contributed by atoms with Crippen LogP contribution >= 0.6 is 0 Å². The van der Waals surface area contributed by atoms with Crippen LogP contribution in [0.15, 0.2) is 18.2 Å². The summed E-state index contributed by atoms with van der Waals surface area (Å²) in [4.78, 5) is 10.3. The van der Waals surface area contributed by atoms with Gasteiger partial charge in [-0.1, -0.05) is 0 Å². The van der Waals surface area contributed by atoms with Crippen LogP contribution in [0.3, 0.4) is 0 Å². The SMILES string of the molecule is C[C@@H](O)c1cc([N+](=O)[O-])ccc1OC1CCCOC1. The van der Waals surface area contributed by atoms with Crippen molar-refractivity contribution < 1.29 is 19.5 Å². The third kappa shape index (κ3) is 3.42. The highest BCUT2D eigenvalue weighted by molar-refractivity contribution is 5.44. The Labute approximate surface area is 111 Å². The van der Waals surface area contributed by atoms with Gasteiger partial charge in [-0.15, -0.1) is 0 Å². The maximum atomic E-state index is 10.7. The van der Waals surface area contributed by atoms with Gasteiger partial charge < -0.3 is 14.6 Å². The van der Waals surface area contributed by atoms with E-state index in [0.717, 1.165) is 19.4 Å². The van der Waals surface area contributed by atoms with E-state index < -0.39 is 11.0 Å². The highest BCUT2D eigenvalue weighted by Crippen LogP contribution is 2.30. The largest absolute Gasteiger partial charge is 0.488 e. The molecule has 0 radical (unpaired) electrons. The molecule has 1 aliphatic rings. The first kappa shape index (κ1) is 13.8. The molecule has 1 aromatic carbocycles. The third-order valence-corrected chi connectivity index (χ3v) is 3.07. The van der Waals surface area contributed by atoms with Gasteiger partial charge in [0.2, 0.25) is 0 Å². The molecule has 1 fully saturated rings. The van der Waals surface area contributed by atoms with Gasteiger partial charge >= 0.3 is 0 Å². The molecule has 2 rings (SSSR count). The summed E-state index contributed by atoms with van der Waals surface area (Å²) in [5, 5.41) is 20.4. The third-order valence-electron chi connectivity index (χ3n) is 3.07. The summed E-state index contributed by atoms with van der Waals surface area (Å²) < 4.78 is 11.1. The molecule has 6 heteroatoms. The second-order valence-corrected chi connectivity index (χ2v) is 4.61. The lowest BCUT2D eigenvalue weighted by Crippen LogP contribution is -2.28. The number of ether oxygens (including phenoxy) is 2. The Kier molecular flexibility index (Phi) is 4.34. The number of nitro groups is 1. The minimum absolute atomic E-state index is 0.0526. The van der Waals surface area contributed by atoms with Crippen molar-refractivity contribution >= 4 is 5.69 Å². The van der Waals surface area contributed by atoms with Crippen LogP contribution in [-0.4, -0.2) is 29.3 Å². The van der Waals surface area contributed by atoms with Crippen molar-refractivity contribution in [3.05, 3.63) is 33.9 Å². The number of nitro benzene ring substituents is 1. The second kappa shape index (κ2) is 5.99. The van der Waals surface area contributed by atoms with E-state index in [2.05, 4.69) is 0 Å². The van der Waals surface area contributed by atoms with E-state index in [1.165, 1.54) is 18.2 Å². The fourth-order valence-electron chi connectivity index (χ4n) is 2.07. The molecule has 104 valence electrons. The molecule has 1 aromatic rings. The minimum atomic E-state index is -0.820. The van der Waals surface area contributed by atoms with Crippen molar-refractivity contribution in [3.63, 3.8) is 0 Å². The first-order valence-electron chi connectivity index (χ1n) is 6.28. The molecule has 6 nitrogen and oxygen atoms in total. The van der Waals surface area contributed by atoms with E-state index in [1.807, 2.05) is 0 Å². The Hall–Kier alpha value is -1.66. The highest BCUT2D eigenvalue weighted by Gasteiger charge is 2.20. The summed E-state index contributed by atoms with van der Waals surface area (Å²) in [6.07, 6.45) is 0.935. The number of non-ortho nitro benzene ring substituents is 1. The highest BCUT2D eigenvalue weighted by atomic mass is 16.6. The molecule has 1 unspecified atom stereocenters. The first-order valence-corrected chi connectivity index (χ1v) is 6.28. The molecule has 0 spiro atoms. The summed E-state index contributed by atoms with van der Waals surface area (Å²) in [6, 6.07) is 4.27. The van der Waals surface area contributed by atoms with Crippen LogP contribution in [-0.2, 0) is 4.74 Å². The van der Waals surface area contributed by atoms with Gasteiger partial charge in [0.25, 0.3) is 5.69 Å². The van der Waals surface area contributed by atoms with Gasteiger partial charge in [0.15, 0.2) is 0 Å². The lowest BCUT2D eigenvalue weighted by Gasteiger charge is -2.24. The van der Waals surface area contributed by atoms with Crippen molar-refractivity contribution in [2.75, 3.05) is 13.2 Å². The normalized spacial score (nSPS) is 20.8. The maximum absolute atomic E-state index is 10.7. The molecule has 0 amide bonds. The Bertz CT molecular complexity index is 454. The van der Waals surface area contributed by atoms with E-state index in [9.17, 15) is 15.2 Å². The topological polar surface area (TPSA) is 81.8 Å². The predicted molar refractivity (Wildman–Crippen MR) is 68.2 cm³/mol. The smallest absolute Gasteiger partial charge is 0.270 e. The standard InChI is InChI=1S/C13H17NO5/c1-9(15)12-7-10(14(16)17)4-5-13(12)19-11-3-2-6-18-8-11/h4-5,7,9,11,15H,2-3,6,8H2,1H3/t9-,11?/m1/s1. The lowest BCUT2D eigenvalue weighted by molar-refractivity contribution is -0.385.